The fraction of sp³-hybridized carbons (Fsp3) is 0.304. The van der Waals surface area contributed by atoms with E-state index in [2.05, 4.69) is 72.0 Å². The molecule has 0 atom stereocenters. The number of fused-ring (bicyclic) bond motifs is 1. The lowest BCUT2D eigenvalue weighted by atomic mass is 10.0. The van der Waals surface area contributed by atoms with E-state index < -0.39 is 0 Å². The molecule has 0 amide bonds. The second-order valence-corrected chi connectivity index (χ2v) is 6.37. The molecule has 3 rings (SSSR count). The van der Waals surface area contributed by atoms with E-state index in [1.54, 1.807) is 7.11 Å². The number of aryl methyl sites for hydroxylation is 1. The van der Waals surface area contributed by atoms with Crippen LogP contribution in [0.15, 0.2) is 66.7 Å². The predicted octanol–water partition coefficient (Wildman–Crippen LogP) is 4.59. The van der Waals surface area contributed by atoms with Crippen molar-refractivity contribution < 1.29 is 9.47 Å². The number of rotatable bonds is 10. The number of nitrogens with one attached hydrogen (secondary N) is 1. The molecule has 0 aromatic heterocycles. The summed E-state index contributed by atoms with van der Waals surface area (Å²) in [7, 11) is 1.69. The van der Waals surface area contributed by atoms with Crippen LogP contribution >= 0.6 is 0 Å². The van der Waals surface area contributed by atoms with Gasteiger partial charge in [-0.2, -0.15) is 0 Å². The first kappa shape index (κ1) is 18.4. The summed E-state index contributed by atoms with van der Waals surface area (Å²) in [6.07, 6.45) is 2.22. The Morgan fingerprint density at radius 1 is 0.846 bits per heavy atom. The van der Waals surface area contributed by atoms with Gasteiger partial charge in [-0.15, -0.1) is 0 Å². The van der Waals surface area contributed by atoms with Gasteiger partial charge < -0.3 is 14.8 Å². The zero-order valence-corrected chi connectivity index (χ0v) is 15.4. The summed E-state index contributed by atoms with van der Waals surface area (Å²) in [5, 5.41) is 6.07. The molecule has 3 heteroatoms. The van der Waals surface area contributed by atoms with Crippen LogP contribution in [0.25, 0.3) is 10.8 Å². The van der Waals surface area contributed by atoms with Crippen molar-refractivity contribution in [2.75, 3.05) is 26.9 Å². The third kappa shape index (κ3) is 5.07. The van der Waals surface area contributed by atoms with Gasteiger partial charge in [0, 0.05) is 19.2 Å². The van der Waals surface area contributed by atoms with Crippen LogP contribution in [0.3, 0.4) is 0 Å². The van der Waals surface area contributed by atoms with Gasteiger partial charge in [-0.05, 0) is 41.8 Å². The molecular weight excluding hydrogens is 322 g/mol. The van der Waals surface area contributed by atoms with Crippen molar-refractivity contribution in [2.24, 2.45) is 0 Å². The summed E-state index contributed by atoms with van der Waals surface area (Å²) < 4.78 is 11.1. The van der Waals surface area contributed by atoms with Gasteiger partial charge in [0.25, 0.3) is 0 Å². The standard InChI is InChI=1S/C23H27NO2/c1-25-16-17-26-23-14-13-20-11-5-6-12-21(20)22(23)18-24-15-7-10-19-8-3-2-4-9-19/h2-6,8-9,11-14,24H,7,10,15-18H2,1H3. The van der Waals surface area contributed by atoms with Crippen molar-refractivity contribution in [1.82, 2.24) is 5.32 Å². The zero-order valence-electron chi connectivity index (χ0n) is 15.4. The van der Waals surface area contributed by atoms with Crippen LogP contribution < -0.4 is 10.1 Å². The van der Waals surface area contributed by atoms with E-state index in [0.717, 1.165) is 31.7 Å². The Kier molecular flexibility index (Phi) is 7.05. The Balaban J connectivity index is 1.62. The van der Waals surface area contributed by atoms with Gasteiger partial charge in [0.2, 0.25) is 0 Å². The van der Waals surface area contributed by atoms with Crippen molar-refractivity contribution in [3.8, 4) is 5.75 Å². The minimum Gasteiger partial charge on any atom is -0.491 e. The first-order chi connectivity index (χ1) is 12.9. The van der Waals surface area contributed by atoms with Crippen LogP contribution in [0, 0.1) is 0 Å². The lowest BCUT2D eigenvalue weighted by Crippen LogP contribution is -2.17. The van der Waals surface area contributed by atoms with Crippen molar-refractivity contribution in [3.63, 3.8) is 0 Å². The average Bonchev–Trinajstić information content (AvgIpc) is 2.69. The van der Waals surface area contributed by atoms with Crippen LogP contribution in [0.4, 0.5) is 0 Å². The summed E-state index contributed by atoms with van der Waals surface area (Å²) in [6.45, 7) is 2.95. The monoisotopic (exact) mass is 349 g/mol. The minimum absolute atomic E-state index is 0.565. The topological polar surface area (TPSA) is 30.5 Å². The minimum atomic E-state index is 0.565. The molecule has 136 valence electrons. The number of hydrogen-bond donors (Lipinski definition) is 1. The molecule has 0 aliphatic rings. The molecule has 0 saturated heterocycles. The normalized spacial score (nSPS) is 11.0. The molecule has 3 aromatic rings. The molecule has 3 nitrogen and oxygen atoms in total. The van der Waals surface area contributed by atoms with E-state index in [1.807, 2.05) is 0 Å². The van der Waals surface area contributed by atoms with Gasteiger partial charge in [-0.1, -0.05) is 60.7 Å². The van der Waals surface area contributed by atoms with Crippen LogP contribution in [0.1, 0.15) is 17.5 Å². The van der Waals surface area contributed by atoms with Crippen molar-refractivity contribution in [1.29, 1.82) is 0 Å². The Morgan fingerprint density at radius 2 is 1.65 bits per heavy atom. The van der Waals surface area contributed by atoms with E-state index in [4.69, 9.17) is 9.47 Å². The van der Waals surface area contributed by atoms with Gasteiger partial charge in [-0.25, -0.2) is 0 Å². The quantitative estimate of drug-likeness (QED) is 0.543. The molecule has 0 aliphatic carbocycles. The smallest absolute Gasteiger partial charge is 0.124 e. The molecule has 0 spiro atoms. The van der Waals surface area contributed by atoms with Gasteiger partial charge in [0.1, 0.15) is 12.4 Å². The third-order valence-corrected chi connectivity index (χ3v) is 4.51. The van der Waals surface area contributed by atoms with E-state index in [9.17, 15) is 0 Å². The Hall–Kier alpha value is -2.36. The number of ether oxygens (including phenoxy) is 2. The highest BCUT2D eigenvalue weighted by Gasteiger charge is 2.08. The average molecular weight is 349 g/mol. The fourth-order valence-corrected chi connectivity index (χ4v) is 3.14. The summed E-state index contributed by atoms with van der Waals surface area (Å²) in [5.74, 6) is 0.941. The van der Waals surface area contributed by atoms with Crippen molar-refractivity contribution >= 4 is 10.8 Å². The summed E-state index contributed by atoms with van der Waals surface area (Å²) in [6, 6.07) is 23.3. The summed E-state index contributed by atoms with van der Waals surface area (Å²) in [4.78, 5) is 0. The second kappa shape index (κ2) is 9.95. The molecule has 0 radical (unpaired) electrons. The van der Waals surface area contributed by atoms with E-state index in [1.165, 1.54) is 21.9 Å². The first-order valence-corrected chi connectivity index (χ1v) is 9.25. The number of methoxy groups -OCH3 is 1. The fourth-order valence-electron chi connectivity index (χ4n) is 3.14. The molecule has 3 aromatic carbocycles. The molecule has 0 fully saturated rings. The number of hydrogen-bond acceptors (Lipinski definition) is 3. The number of benzene rings is 3. The van der Waals surface area contributed by atoms with Crippen LogP contribution in [0.5, 0.6) is 5.75 Å². The molecule has 0 aliphatic heterocycles. The lowest BCUT2D eigenvalue weighted by molar-refractivity contribution is 0.146. The van der Waals surface area contributed by atoms with Crippen LogP contribution in [-0.4, -0.2) is 26.9 Å². The van der Waals surface area contributed by atoms with E-state index in [-0.39, 0.29) is 0 Å². The van der Waals surface area contributed by atoms with Crippen LogP contribution in [0.2, 0.25) is 0 Å². The van der Waals surface area contributed by atoms with Gasteiger partial charge in [0.05, 0.1) is 6.61 Å². The van der Waals surface area contributed by atoms with Crippen molar-refractivity contribution in [3.05, 3.63) is 77.9 Å². The Labute approximate surface area is 156 Å². The predicted molar refractivity (Wildman–Crippen MR) is 108 cm³/mol. The molecule has 0 saturated carbocycles. The maximum atomic E-state index is 5.95. The molecule has 0 heterocycles. The maximum Gasteiger partial charge on any atom is 0.124 e. The Morgan fingerprint density at radius 3 is 2.50 bits per heavy atom. The lowest BCUT2D eigenvalue weighted by Gasteiger charge is -2.15. The zero-order chi connectivity index (χ0) is 18.0. The maximum absolute atomic E-state index is 5.95. The van der Waals surface area contributed by atoms with E-state index in [0.29, 0.717) is 13.2 Å². The van der Waals surface area contributed by atoms with Crippen molar-refractivity contribution in [2.45, 2.75) is 19.4 Å². The highest BCUT2D eigenvalue weighted by Crippen LogP contribution is 2.28. The highest BCUT2D eigenvalue weighted by molar-refractivity contribution is 5.87. The Bertz CT molecular complexity index is 802. The second-order valence-electron chi connectivity index (χ2n) is 6.37. The van der Waals surface area contributed by atoms with Gasteiger partial charge >= 0.3 is 0 Å². The van der Waals surface area contributed by atoms with E-state index >= 15 is 0 Å². The summed E-state index contributed by atoms with van der Waals surface area (Å²) >= 11 is 0. The van der Waals surface area contributed by atoms with Crippen LogP contribution in [-0.2, 0) is 17.7 Å². The SMILES string of the molecule is COCCOc1ccc2ccccc2c1CNCCCc1ccccc1. The van der Waals surface area contributed by atoms with Gasteiger partial charge in [0.15, 0.2) is 0 Å². The molecular formula is C23H27NO2. The highest BCUT2D eigenvalue weighted by atomic mass is 16.5. The first-order valence-electron chi connectivity index (χ1n) is 9.25. The molecule has 0 bridgehead atoms. The largest absolute Gasteiger partial charge is 0.491 e. The molecule has 26 heavy (non-hydrogen) atoms. The molecule has 0 unspecified atom stereocenters. The molecule has 1 N–H and O–H groups in total. The third-order valence-electron chi connectivity index (χ3n) is 4.51. The summed E-state index contributed by atoms with van der Waals surface area (Å²) in [5.41, 5.74) is 2.61. The van der Waals surface area contributed by atoms with Gasteiger partial charge in [-0.3, -0.25) is 0 Å².